The van der Waals surface area contributed by atoms with E-state index in [1.165, 1.54) is 18.3 Å². The van der Waals surface area contributed by atoms with Crippen LogP contribution in [0.2, 0.25) is 0 Å². The number of benzene rings is 1. The molecule has 0 aliphatic heterocycles. The summed E-state index contributed by atoms with van der Waals surface area (Å²) in [6.45, 7) is 1.73. The Labute approximate surface area is 133 Å². The first-order valence-electron chi connectivity index (χ1n) is 7.33. The molecule has 2 N–H and O–H groups in total. The Morgan fingerprint density at radius 1 is 1.22 bits per heavy atom. The number of nitrogens with zero attached hydrogens (tertiary/aromatic N) is 1. The third kappa shape index (κ3) is 4.88. The fraction of sp³-hybridized carbons (Fsp3) is 0.235. The largest absolute Gasteiger partial charge is 0.346 e. The summed E-state index contributed by atoms with van der Waals surface area (Å²) in [5.74, 6) is -1.36. The number of rotatable bonds is 6. The normalized spacial score (nSPS) is 11.6. The van der Waals surface area contributed by atoms with E-state index < -0.39 is 5.92 Å². The van der Waals surface area contributed by atoms with Crippen LogP contribution in [0.3, 0.4) is 0 Å². The second-order valence-corrected chi connectivity index (χ2v) is 5.02. The number of hydrogen-bond donors (Lipinski definition) is 2. The van der Waals surface area contributed by atoms with Gasteiger partial charge in [-0.25, -0.2) is 4.39 Å². The molecule has 0 fully saturated rings. The van der Waals surface area contributed by atoms with Crippen LogP contribution < -0.4 is 10.6 Å². The summed E-state index contributed by atoms with van der Waals surface area (Å²) in [7, 11) is 0. The number of hydrogen-bond acceptors (Lipinski definition) is 3. The zero-order valence-electron chi connectivity index (χ0n) is 12.8. The highest BCUT2D eigenvalue weighted by molar-refractivity contribution is 5.95. The predicted molar refractivity (Wildman–Crippen MR) is 85.3 cm³/mol. The van der Waals surface area contributed by atoms with Gasteiger partial charge in [-0.05, 0) is 36.2 Å². The van der Waals surface area contributed by atoms with E-state index in [0.717, 1.165) is 5.56 Å². The maximum Gasteiger partial charge on any atom is 0.243 e. The molecule has 0 bridgehead atoms. The predicted octanol–water partition coefficient (Wildman–Crippen LogP) is 2.47. The molecule has 1 aromatic carbocycles. The summed E-state index contributed by atoms with van der Waals surface area (Å²) in [5, 5.41) is 5.24. The number of halogens is 1. The van der Waals surface area contributed by atoms with Gasteiger partial charge < -0.3 is 10.6 Å². The fourth-order valence-electron chi connectivity index (χ4n) is 2.20. The molecule has 0 spiro atoms. The Bertz CT molecular complexity index is 659. The Hall–Kier alpha value is -2.76. The van der Waals surface area contributed by atoms with E-state index in [-0.39, 0.29) is 24.2 Å². The van der Waals surface area contributed by atoms with E-state index in [2.05, 4.69) is 15.6 Å². The highest BCUT2D eigenvalue weighted by atomic mass is 19.1. The van der Waals surface area contributed by atoms with Crippen molar-refractivity contribution in [1.29, 1.82) is 0 Å². The minimum atomic E-state index is -0.415. The molecule has 1 heterocycles. The fourth-order valence-corrected chi connectivity index (χ4v) is 2.20. The summed E-state index contributed by atoms with van der Waals surface area (Å²) in [5.41, 5.74) is 1.29. The highest BCUT2D eigenvalue weighted by Crippen LogP contribution is 2.19. The minimum Gasteiger partial charge on any atom is -0.346 e. The van der Waals surface area contributed by atoms with Crippen molar-refractivity contribution in [1.82, 2.24) is 10.3 Å². The first-order chi connectivity index (χ1) is 11.1. The molecule has 5 nitrogen and oxygen atoms in total. The molecule has 2 aromatic rings. The van der Waals surface area contributed by atoms with Crippen molar-refractivity contribution >= 4 is 17.5 Å². The summed E-state index contributed by atoms with van der Waals surface area (Å²) in [6.07, 6.45) is 3.68. The summed E-state index contributed by atoms with van der Waals surface area (Å²) in [4.78, 5) is 27.9. The first-order valence-corrected chi connectivity index (χ1v) is 7.33. The summed E-state index contributed by atoms with van der Waals surface area (Å²) >= 11 is 0. The van der Waals surface area contributed by atoms with Gasteiger partial charge in [0.25, 0.3) is 0 Å². The highest BCUT2D eigenvalue weighted by Gasteiger charge is 2.19. The van der Waals surface area contributed by atoms with Crippen LogP contribution in [0.5, 0.6) is 0 Å². The van der Waals surface area contributed by atoms with Gasteiger partial charge in [0, 0.05) is 6.20 Å². The lowest BCUT2D eigenvalue weighted by Gasteiger charge is -2.15. The number of carbonyl (C=O) groups excluding carboxylic acids is 2. The van der Waals surface area contributed by atoms with Gasteiger partial charge in [-0.2, -0.15) is 0 Å². The zero-order valence-corrected chi connectivity index (χ0v) is 12.8. The summed E-state index contributed by atoms with van der Waals surface area (Å²) in [6, 6.07) is 9.22. The van der Waals surface area contributed by atoms with Gasteiger partial charge in [-0.15, -0.1) is 0 Å². The molecule has 1 atom stereocenters. The van der Waals surface area contributed by atoms with Crippen LogP contribution in [0.1, 0.15) is 24.8 Å². The van der Waals surface area contributed by atoms with Gasteiger partial charge in [-0.3, -0.25) is 14.6 Å². The average molecular weight is 315 g/mol. The topological polar surface area (TPSA) is 71.1 Å². The van der Waals surface area contributed by atoms with Crippen LogP contribution in [0.25, 0.3) is 0 Å². The van der Waals surface area contributed by atoms with Gasteiger partial charge >= 0.3 is 0 Å². The molecule has 0 aliphatic carbocycles. The van der Waals surface area contributed by atoms with E-state index in [1.54, 1.807) is 30.5 Å². The van der Waals surface area contributed by atoms with Gasteiger partial charge in [0.05, 0.1) is 24.3 Å². The van der Waals surface area contributed by atoms with E-state index in [0.29, 0.717) is 12.1 Å². The van der Waals surface area contributed by atoms with E-state index in [4.69, 9.17) is 0 Å². The van der Waals surface area contributed by atoms with Crippen LogP contribution in [0, 0.1) is 5.82 Å². The van der Waals surface area contributed by atoms with E-state index >= 15 is 0 Å². The number of amides is 2. The standard InChI is InChI=1S/C17H18FN3O2/c1-2-15(12-5-7-13(18)8-6-12)17(23)20-11-16(22)21-14-4-3-9-19-10-14/h3-10,15H,2,11H2,1H3,(H,20,23)(H,21,22). The second-order valence-electron chi connectivity index (χ2n) is 5.02. The zero-order chi connectivity index (χ0) is 16.7. The van der Waals surface area contributed by atoms with Crippen LogP contribution in [-0.4, -0.2) is 23.3 Å². The van der Waals surface area contributed by atoms with Crippen LogP contribution >= 0.6 is 0 Å². The maximum absolute atomic E-state index is 13.0. The van der Waals surface area contributed by atoms with Crippen molar-refractivity contribution in [2.24, 2.45) is 0 Å². The van der Waals surface area contributed by atoms with Crippen molar-refractivity contribution in [3.05, 3.63) is 60.2 Å². The third-order valence-electron chi connectivity index (χ3n) is 3.37. The third-order valence-corrected chi connectivity index (χ3v) is 3.37. The molecule has 2 rings (SSSR count). The van der Waals surface area contributed by atoms with Crippen LogP contribution in [0.4, 0.5) is 10.1 Å². The van der Waals surface area contributed by atoms with Crippen molar-refractivity contribution in [3.8, 4) is 0 Å². The Morgan fingerprint density at radius 2 is 1.96 bits per heavy atom. The molecule has 0 saturated carbocycles. The quantitative estimate of drug-likeness (QED) is 0.860. The summed E-state index contributed by atoms with van der Waals surface area (Å²) < 4.78 is 13.0. The lowest BCUT2D eigenvalue weighted by atomic mass is 9.95. The number of pyridine rings is 1. The Morgan fingerprint density at radius 3 is 2.57 bits per heavy atom. The van der Waals surface area contributed by atoms with Crippen molar-refractivity contribution < 1.29 is 14.0 Å². The van der Waals surface area contributed by atoms with Crippen molar-refractivity contribution in [2.45, 2.75) is 19.3 Å². The molecule has 120 valence electrons. The second kappa shape index (κ2) is 8.03. The molecule has 1 unspecified atom stereocenters. The van der Waals surface area contributed by atoms with Gasteiger partial charge in [0.2, 0.25) is 11.8 Å². The Kier molecular flexibility index (Phi) is 5.80. The number of anilines is 1. The van der Waals surface area contributed by atoms with Gasteiger partial charge in [0.15, 0.2) is 0 Å². The Balaban J connectivity index is 1.89. The molecular formula is C17H18FN3O2. The van der Waals surface area contributed by atoms with Crippen LogP contribution in [-0.2, 0) is 9.59 Å². The van der Waals surface area contributed by atoms with Gasteiger partial charge in [-0.1, -0.05) is 19.1 Å². The minimum absolute atomic E-state index is 0.134. The molecule has 2 amide bonds. The molecule has 0 radical (unpaired) electrons. The van der Waals surface area contributed by atoms with Gasteiger partial charge in [0.1, 0.15) is 5.82 Å². The molecule has 23 heavy (non-hydrogen) atoms. The van der Waals surface area contributed by atoms with Crippen LogP contribution in [0.15, 0.2) is 48.8 Å². The number of carbonyl (C=O) groups is 2. The SMILES string of the molecule is CCC(C(=O)NCC(=O)Nc1cccnc1)c1ccc(F)cc1. The number of aromatic nitrogens is 1. The van der Waals surface area contributed by atoms with Crippen molar-refractivity contribution in [3.63, 3.8) is 0 Å². The van der Waals surface area contributed by atoms with E-state index in [1.807, 2.05) is 6.92 Å². The first kappa shape index (κ1) is 16.6. The monoisotopic (exact) mass is 315 g/mol. The smallest absolute Gasteiger partial charge is 0.243 e. The maximum atomic E-state index is 13.0. The number of nitrogens with one attached hydrogen (secondary N) is 2. The molecule has 0 saturated heterocycles. The lowest BCUT2D eigenvalue weighted by molar-refractivity contribution is -0.125. The molecule has 0 aliphatic rings. The molecule has 1 aromatic heterocycles. The average Bonchev–Trinajstić information content (AvgIpc) is 2.56. The molecule has 6 heteroatoms. The van der Waals surface area contributed by atoms with E-state index in [9.17, 15) is 14.0 Å². The molecular weight excluding hydrogens is 297 g/mol. The van der Waals surface area contributed by atoms with Crippen molar-refractivity contribution in [2.75, 3.05) is 11.9 Å². The lowest BCUT2D eigenvalue weighted by Crippen LogP contribution is -2.35.